The molecule has 0 spiro atoms. The zero-order chi connectivity index (χ0) is 9.14. The van der Waals surface area contributed by atoms with E-state index in [0.717, 1.165) is 0 Å². The Labute approximate surface area is 78.4 Å². The van der Waals surface area contributed by atoms with Crippen LogP contribution in [0, 0.1) is 5.82 Å². The van der Waals surface area contributed by atoms with Gasteiger partial charge in [0.1, 0.15) is 11.7 Å². The molecule has 0 aromatic heterocycles. The maximum Gasteiger partial charge on any atom is 0.125 e. The van der Waals surface area contributed by atoms with Gasteiger partial charge in [-0.3, -0.25) is 4.99 Å². The zero-order valence-corrected chi connectivity index (χ0v) is 8.10. The van der Waals surface area contributed by atoms with E-state index in [2.05, 4.69) is 20.9 Å². The maximum absolute atomic E-state index is 12.8. The summed E-state index contributed by atoms with van der Waals surface area (Å²) in [6.45, 7) is 0. The molecule has 0 atom stereocenters. The van der Waals surface area contributed by atoms with Crippen molar-refractivity contribution in [2.45, 2.75) is 0 Å². The van der Waals surface area contributed by atoms with Crippen LogP contribution in [0.1, 0.15) is 5.56 Å². The molecule has 0 saturated heterocycles. The van der Waals surface area contributed by atoms with E-state index in [0.29, 0.717) is 15.9 Å². The smallest absolute Gasteiger partial charge is 0.125 e. The molecule has 0 bridgehead atoms. The Bertz CT molecular complexity index is 303. The normalized spacial score (nSPS) is 11.8. The van der Waals surface area contributed by atoms with Crippen molar-refractivity contribution in [1.82, 2.24) is 0 Å². The van der Waals surface area contributed by atoms with E-state index in [9.17, 15) is 4.39 Å². The van der Waals surface area contributed by atoms with Gasteiger partial charge in [0.2, 0.25) is 0 Å². The summed E-state index contributed by atoms with van der Waals surface area (Å²) in [4.78, 5) is 3.75. The first-order chi connectivity index (χ1) is 5.63. The largest absolute Gasteiger partial charge is 0.384 e. The molecule has 0 heterocycles. The number of nitrogens with zero attached hydrogens (tertiary/aromatic N) is 1. The van der Waals surface area contributed by atoms with Gasteiger partial charge in [-0.2, -0.15) is 0 Å². The van der Waals surface area contributed by atoms with Gasteiger partial charge in [-0.05, 0) is 18.2 Å². The van der Waals surface area contributed by atoms with Gasteiger partial charge in [0.25, 0.3) is 0 Å². The Kier molecular flexibility index (Phi) is 2.81. The second kappa shape index (κ2) is 3.67. The second-order valence-electron chi connectivity index (χ2n) is 2.27. The van der Waals surface area contributed by atoms with Crippen LogP contribution in [0.25, 0.3) is 0 Å². The lowest BCUT2D eigenvalue weighted by Gasteiger charge is -2.00. The van der Waals surface area contributed by atoms with Crippen LogP contribution in [0.5, 0.6) is 0 Å². The monoisotopic (exact) mass is 230 g/mol. The Balaban J connectivity index is 3.17. The summed E-state index contributed by atoms with van der Waals surface area (Å²) in [5.41, 5.74) is 6.08. The number of amidine groups is 1. The van der Waals surface area contributed by atoms with Gasteiger partial charge in [0, 0.05) is 17.1 Å². The number of aliphatic imine (C=N–C) groups is 1. The third kappa shape index (κ3) is 2.04. The highest BCUT2D eigenvalue weighted by molar-refractivity contribution is 9.10. The molecule has 0 radical (unpaired) electrons. The van der Waals surface area contributed by atoms with Crippen molar-refractivity contribution < 1.29 is 4.39 Å². The number of benzene rings is 1. The van der Waals surface area contributed by atoms with Crippen molar-refractivity contribution in [2.75, 3.05) is 7.05 Å². The predicted octanol–water partition coefficient (Wildman–Crippen LogP) is 1.92. The average molecular weight is 231 g/mol. The summed E-state index contributed by atoms with van der Waals surface area (Å²) in [5.74, 6) is 0.00109. The van der Waals surface area contributed by atoms with Crippen LogP contribution in [-0.2, 0) is 0 Å². The molecule has 2 nitrogen and oxygen atoms in total. The van der Waals surface area contributed by atoms with Gasteiger partial charge >= 0.3 is 0 Å². The van der Waals surface area contributed by atoms with Crippen molar-refractivity contribution >= 4 is 21.8 Å². The Morgan fingerprint density at radius 2 is 2.17 bits per heavy atom. The molecular weight excluding hydrogens is 223 g/mol. The van der Waals surface area contributed by atoms with Crippen LogP contribution in [0.2, 0.25) is 0 Å². The number of nitrogens with two attached hydrogens (primary N) is 1. The predicted molar refractivity (Wildman–Crippen MR) is 50.7 cm³/mol. The Morgan fingerprint density at radius 1 is 1.50 bits per heavy atom. The van der Waals surface area contributed by atoms with E-state index in [4.69, 9.17) is 5.73 Å². The van der Waals surface area contributed by atoms with Gasteiger partial charge in [0.15, 0.2) is 0 Å². The van der Waals surface area contributed by atoms with Gasteiger partial charge in [-0.15, -0.1) is 0 Å². The molecule has 1 aromatic carbocycles. The topological polar surface area (TPSA) is 38.4 Å². The SMILES string of the molecule is CN=C(N)c1cc(F)cc(Br)c1. The summed E-state index contributed by atoms with van der Waals surface area (Å²) in [7, 11) is 1.56. The van der Waals surface area contributed by atoms with Gasteiger partial charge < -0.3 is 5.73 Å². The van der Waals surface area contributed by atoms with E-state index >= 15 is 0 Å². The van der Waals surface area contributed by atoms with Crippen LogP contribution in [0.4, 0.5) is 4.39 Å². The van der Waals surface area contributed by atoms with E-state index < -0.39 is 0 Å². The highest BCUT2D eigenvalue weighted by atomic mass is 79.9. The van der Waals surface area contributed by atoms with Crippen LogP contribution >= 0.6 is 15.9 Å². The zero-order valence-electron chi connectivity index (χ0n) is 6.51. The molecule has 1 aromatic rings. The van der Waals surface area contributed by atoms with Crippen molar-refractivity contribution in [3.63, 3.8) is 0 Å². The minimum Gasteiger partial charge on any atom is -0.384 e. The highest BCUT2D eigenvalue weighted by Gasteiger charge is 2.01. The number of rotatable bonds is 1. The number of hydrogen-bond acceptors (Lipinski definition) is 1. The molecule has 0 aliphatic carbocycles. The fourth-order valence-corrected chi connectivity index (χ4v) is 1.30. The standard InChI is InChI=1S/C8H8BrFN2/c1-12-8(11)5-2-6(9)4-7(10)3-5/h2-4H,1H3,(H2,11,12). The summed E-state index contributed by atoms with van der Waals surface area (Å²) in [6.07, 6.45) is 0. The summed E-state index contributed by atoms with van der Waals surface area (Å²) in [6, 6.07) is 4.42. The lowest BCUT2D eigenvalue weighted by Crippen LogP contribution is -2.13. The highest BCUT2D eigenvalue weighted by Crippen LogP contribution is 2.14. The Morgan fingerprint density at radius 3 is 2.67 bits per heavy atom. The minimum absolute atomic E-state index is 0.328. The fraction of sp³-hybridized carbons (Fsp3) is 0.125. The van der Waals surface area contributed by atoms with Crippen LogP contribution in [-0.4, -0.2) is 12.9 Å². The first-order valence-electron chi connectivity index (χ1n) is 3.32. The van der Waals surface area contributed by atoms with E-state index in [1.54, 1.807) is 13.1 Å². The lowest BCUT2D eigenvalue weighted by molar-refractivity contribution is 0.626. The number of hydrogen-bond donors (Lipinski definition) is 1. The van der Waals surface area contributed by atoms with Crippen molar-refractivity contribution in [2.24, 2.45) is 10.7 Å². The molecule has 1 rings (SSSR count). The quantitative estimate of drug-likeness (QED) is 0.582. The van der Waals surface area contributed by atoms with Gasteiger partial charge in [0.05, 0.1) is 0 Å². The van der Waals surface area contributed by atoms with Crippen LogP contribution < -0.4 is 5.73 Å². The maximum atomic E-state index is 12.8. The number of halogens is 2. The van der Waals surface area contributed by atoms with Crippen molar-refractivity contribution in [3.05, 3.63) is 34.1 Å². The second-order valence-corrected chi connectivity index (χ2v) is 3.18. The first-order valence-corrected chi connectivity index (χ1v) is 4.11. The molecule has 0 unspecified atom stereocenters. The minimum atomic E-state index is -0.328. The summed E-state index contributed by atoms with van der Waals surface area (Å²) in [5, 5.41) is 0. The van der Waals surface area contributed by atoms with E-state index in [-0.39, 0.29) is 5.82 Å². The van der Waals surface area contributed by atoms with Crippen LogP contribution in [0.3, 0.4) is 0 Å². The molecule has 0 saturated carbocycles. The molecule has 4 heteroatoms. The Hall–Kier alpha value is -0.900. The molecular formula is C8H8BrFN2. The third-order valence-electron chi connectivity index (χ3n) is 1.40. The van der Waals surface area contributed by atoms with Crippen molar-refractivity contribution in [3.8, 4) is 0 Å². The average Bonchev–Trinajstić information content (AvgIpc) is 2.01. The molecule has 0 fully saturated rings. The van der Waals surface area contributed by atoms with Crippen molar-refractivity contribution in [1.29, 1.82) is 0 Å². The first kappa shape index (κ1) is 9.19. The summed E-state index contributed by atoms with van der Waals surface area (Å²) < 4.78 is 13.4. The van der Waals surface area contributed by atoms with Crippen LogP contribution in [0.15, 0.2) is 27.7 Å². The lowest BCUT2D eigenvalue weighted by atomic mass is 10.2. The fourth-order valence-electron chi connectivity index (χ4n) is 0.831. The van der Waals surface area contributed by atoms with Gasteiger partial charge in [-0.25, -0.2) is 4.39 Å². The third-order valence-corrected chi connectivity index (χ3v) is 1.86. The molecule has 64 valence electrons. The van der Waals surface area contributed by atoms with E-state index in [1.165, 1.54) is 12.1 Å². The molecule has 12 heavy (non-hydrogen) atoms. The molecule has 0 aliphatic heterocycles. The summed E-state index contributed by atoms with van der Waals surface area (Å²) >= 11 is 3.16. The van der Waals surface area contributed by atoms with E-state index in [1.807, 2.05) is 0 Å². The molecule has 0 amide bonds. The van der Waals surface area contributed by atoms with Gasteiger partial charge in [-0.1, -0.05) is 15.9 Å². The molecule has 0 aliphatic rings. The molecule has 2 N–H and O–H groups in total.